The van der Waals surface area contributed by atoms with Crippen LogP contribution in [0.3, 0.4) is 0 Å². The maximum atomic E-state index is 13.5. The number of hydrogen-bond acceptors (Lipinski definition) is 3. The van der Waals surface area contributed by atoms with Gasteiger partial charge >= 0.3 is 5.97 Å². The van der Waals surface area contributed by atoms with E-state index in [1.54, 1.807) is 13.8 Å². The highest BCUT2D eigenvalue weighted by molar-refractivity contribution is 5.95. The Morgan fingerprint density at radius 2 is 1.81 bits per heavy atom. The standard InChI is InChI=1S/C13H14F3NO4/c1-5(2)7(13(20)21)4-17-12(19)6-3-8(14)10(16)11(18)9(6)15/h3,5,7,18H,4H2,1-2H3,(H,17,19)(H,20,21). The van der Waals surface area contributed by atoms with Gasteiger partial charge in [0.05, 0.1) is 11.5 Å². The van der Waals surface area contributed by atoms with Crippen LogP contribution in [0.2, 0.25) is 0 Å². The molecule has 1 aromatic rings. The van der Waals surface area contributed by atoms with Crippen molar-refractivity contribution in [3.63, 3.8) is 0 Å². The van der Waals surface area contributed by atoms with Crippen LogP contribution in [0.4, 0.5) is 13.2 Å². The summed E-state index contributed by atoms with van der Waals surface area (Å²) in [6.45, 7) is 2.93. The lowest BCUT2D eigenvalue weighted by atomic mass is 9.96. The third-order valence-corrected chi connectivity index (χ3v) is 2.98. The first-order valence-electron chi connectivity index (χ1n) is 6.04. The predicted molar refractivity (Wildman–Crippen MR) is 66.3 cm³/mol. The van der Waals surface area contributed by atoms with E-state index in [1.165, 1.54) is 0 Å². The summed E-state index contributed by atoms with van der Waals surface area (Å²) in [7, 11) is 0. The summed E-state index contributed by atoms with van der Waals surface area (Å²) in [5, 5.41) is 20.1. The minimum absolute atomic E-state index is 0.296. The van der Waals surface area contributed by atoms with Crippen molar-refractivity contribution in [2.45, 2.75) is 13.8 Å². The van der Waals surface area contributed by atoms with Gasteiger partial charge in [-0.25, -0.2) is 8.78 Å². The van der Waals surface area contributed by atoms with Crippen LogP contribution in [-0.4, -0.2) is 28.6 Å². The Hall–Kier alpha value is -2.25. The summed E-state index contributed by atoms with van der Waals surface area (Å²) in [5.41, 5.74) is -0.903. The summed E-state index contributed by atoms with van der Waals surface area (Å²) >= 11 is 0. The Morgan fingerprint density at radius 1 is 1.24 bits per heavy atom. The van der Waals surface area contributed by atoms with Crippen molar-refractivity contribution in [2.24, 2.45) is 11.8 Å². The number of amides is 1. The van der Waals surface area contributed by atoms with Crippen LogP contribution in [0.25, 0.3) is 0 Å². The molecule has 5 nitrogen and oxygen atoms in total. The zero-order valence-corrected chi connectivity index (χ0v) is 11.3. The molecule has 0 spiro atoms. The lowest BCUT2D eigenvalue weighted by Gasteiger charge is -2.17. The van der Waals surface area contributed by atoms with Crippen LogP contribution in [0, 0.1) is 29.3 Å². The average molecular weight is 305 g/mol. The minimum Gasteiger partial charge on any atom is -0.503 e. The first-order valence-corrected chi connectivity index (χ1v) is 6.04. The molecule has 0 saturated carbocycles. The Kier molecular flexibility index (Phi) is 5.17. The number of rotatable bonds is 5. The van der Waals surface area contributed by atoms with Crippen LogP contribution >= 0.6 is 0 Å². The Bertz CT molecular complexity index is 575. The number of nitrogens with one attached hydrogen (secondary N) is 1. The molecule has 0 aliphatic heterocycles. The van der Waals surface area contributed by atoms with Gasteiger partial charge in [0.15, 0.2) is 17.4 Å². The lowest BCUT2D eigenvalue weighted by Crippen LogP contribution is -2.36. The van der Waals surface area contributed by atoms with E-state index in [4.69, 9.17) is 10.2 Å². The van der Waals surface area contributed by atoms with Crippen molar-refractivity contribution in [1.82, 2.24) is 5.32 Å². The van der Waals surface area contributed by atoms with Gasteiger partial charge in [-0.05, 0) is 12.0 Å². The molecule has 0 aromatic heterocycles. The second kappa shape index (κ2) is 6.47. The van der Waals surface area contributed by atoms with Crippen LogP contribution in [0.1, 0.15) is 24.2 Å². The van der Waals surface area contributed by atoms with Crippen LogP contribution in [0.15, 0.2) is 6.07 Å². The van der Waals surface area contributed by atoms with E-state index in [1.807, 2.05) is 0 Å². The van der Waals surface area contributed by atoms with E-state index >= 15 is 0 Å². The van der Waals surface area contributed by atoms with Gasteiger partial charge < -0.3 is 15.5 Å². The zero-order chi connectivity index (χ0) is 16.3. The number of carbonyl (C=O) groups is 2. The van der Waals surface area contributed by atoms with Gasteiger partial charge in [0, 0.05) is 6.54 Å². The molecule has 1 unspecified atom stereocenters. The number of phenols is 1. The summed E-state index contributed by atoms with van der Waals surface area (Å²) < 4.78 is 39.4. The van der Waals surface area contributed by atoms with Crippen molar-refractivity contribution in [2.75, 3.05) is 6.54 Å². The summed E-state index contributed by atoms with van der Waals surface area (Å²) in [4.78, 5) is 22.6. The van der Waals surface area contributed by atoms with Gasteiger partial charge in [0.1, 0.15) is 0 Å². The highest BCUT2D eigenvalue weighted by atomic mass is 19.2. The molecule has 0 saturated heterocycles. The molecule has 1 amide bonds. The van der Waals surface area contributed by atoms with Gasteiger partial charge in [-0.1, -0.05) is 13.8 Å². The van der Waals surface area contributed by atoms with Crippen molar-refractivity contribution < 1.29 is 33.0 Å². The largest absolute Gasteiger partial charge is 0.503 e. The third kappa shape index (κ3) is 3.65. The summed E-state index contributed by atoms with van der Waals surface area (Å²) in [5.74, 6) is -10.1. The second-order valence-electron chi connectivity index (χ2n) is 4.78. The number of aromatic hydroxyl groups is 1. The number of carboxylic acids is 1. The molecule has 8 heteroatoms. The third-order valence-electron chi connectivity index (χ3n) is 2.98. The predicted octanol–water partition coefficient (Wildman–Crippen LogP) is 1.90. The van der Waals surface area contributed by atoms with Crippen molar-refractivity contribution >= 4 is 11.9 Å². The smallest absolute Gasteiger partial charge is 0.308 e. The molecule has 1 atom stereocenters. The fourth-order valence-corrected chi connectivity index (χ4v) is 1.66. The topological polar surface area (TPSA) is 86.6 Å². The SMILES string of the molecule is CC(C)C(CNC(=O)c1cc(F)c(F)c(O)c1F)C(=O)O. The van der Waals surface area contributed by atoms with Gasteiger partial charge in [-0.2, -0.15) is 4.39 Å². The normalized spacial score (nSPS) is 12.3. The monoisotopic (exact) mass is 305 g/mol. The van der Waals surface area contributed by atoms with Crippen molar-refractivity contribution in [3.8, 4) is 5.75 Å². The van der Waals surface area contributed by atoms with E-state index in [9.17, 15) is 22.8 Å². The molecule has 116 valence electrons. The zero-order valence-electron chi connectivity index (χ0n) is 11.3. The first-order chi connectivity index (χ1) is 9.66. The first kappa shape index (κ1) is 16.8. The number of benzene rings is 1. The summed E-state index contributed by atoms with van der Waals surface area (Å²) in [6.07, 6.45) is 0. The van der Waals surface area contributed by atoms with Crippen LogP contribution < -0.4 is 5.32 Å². The van der Waals surface area contributed by atoms with E-state index in [-0.39, 0.29) is 12.5 Å². The maximum absolute atomic E-state index is 13.5. The number of aliphatic carboxylic acids is 1. The number of hydrogen-bond donors (Lipinski definition) is 3. The molecule has 1 rings (SSSR count). The molecule has 0 heterocycles. The molecule has 3 N–H and O–H groups in total. The Balaban J connectivity index is 2.93. The molecule has 0 aliphatic rings. The number of halogens is 3. The molecular formula is C13H14F3NO4. The Morgan fingerprint density at radius 3 is 2.29 bits per heavy atom. The number of carbonyl (C=O) groups excluding carboxylic acids is 1. The van der Waals surface area contributed by atoms with E-state index < -0.39 is 46.6 Å². The average Bonchev–Trinajstić information content (AvgIpc) is 2.39. The fraction of sp³-hybridized carbons (Fsp3) is 0.385. The maximum Gasteiger partial charge on any atom is 0.308 e. The fourth-order valence-electron chi connectivity index (χ4n) is 1.66. The van der Waals surface area contributed by atoms with Gasteiger partial charge in [-0.3, -0.25) is 9.59 Å². The van der Waals surface area contributed by atoms with Crippen molar-refractivity contribution in [3.05, 3.63) is 29.1 Å². The van der Waals surface area contributed by atoms with Crippen LogP contribution in [-0.2, 0) is 4.79 Å². The van der Waals surface area contributed by atoms with Gasteiger partial charge in [0.25, 0.3) is 5.91 Å². The highest BCUT2D eigenvalue weighted by Gasteiger charge is 2.25. The minimum atomic E-state index is -1.80. The lowest BCUT2D eigenvalue weighted by molar-refractivity contribution is -0.142. The molecule has 0 aliphatic carbocycles. The Labute approximate surface area is 118 Å². The molecule has 0 radical (unpaired) electrons. The molecule has 0 fully saturated rings. The molecule has 21 heavy (non-hydrogen) atoms. The van der Waals surface area contributed by atoms with E-state index in [0.717, 1.165) is 0 Å². The van der Waals surface area contributed by atoms with Crippen molar-refractivity contribution in [1.29, 1.82) is 0 Å². The summed E-state index contributed by atoms with van der Waals surface area (Å²) in [6, 6.07) is 0.296. The molecule has 0 bridgehead atoms. The quantitative estimate of drug-likeness (QED) is 0.725. The van der Waals surface area contributed by atoms with Gasteiger partial charge in [0.2, 0.25) is 5.82 Å². The van der Waals surface area contributed by atoms with E-state index in [0.29, 0.717) is 6.07 Å². The van der Waals surface area contributed by atoms with Crippen LogP contribution in [0.5, 0.6) is 5.75 Å². The second-order valence-corrected chi connectivity index (χ2v) is 4.78. The molecule has 1 aromatic carbocycles. The number of phenolic OH excluding ortho intramolecular Hbond substituents is 1. The van der Waals surface area contributed by atoms with E-state index in [2.05, 4.69) is 5.32 Å². The number of carboxylic acid groups (broad SMARTS) is 1. The van der Waals surface area contributed by atoms with Gasteiger partial charge in [-0.15, -0.1) is 0 Å². The highest BCUT2D eigenvalue weighted by Crippen LogP contribution is 2.25. The molecular weight excluding hydrogens is 291 g/mol.